The molecule has 0 saturated carbocycles. The summed E-state index contributed by atoms with van der Waals surface area (Å²) in [4.78, 5) is 20.0. The van der Waals surface area contributed by atoms with Crippen molar-refractivity contribution in [3.63, 3.8) is 0 Å². The van der Waals surface area contributed by atoms with Crippen LogP contribution in [0.1, 0.15) is 0 Å². The number of nitrogens with one attached hydrogen (secondary N) is 2. The fourth-order valence-corrected chi connectivity index (χ4v) is 0.295. The van der Waals surface area contributed by atoms with E-state index in [1.165, 1.54) is 0 Å². The molecule has 0 aromatic heterocycles. The molecule has 0 radical (unpaired) electrons. The Morgan fingerprint density at radius 3 is 1.73 bits per heavy atom. The topological polar surface area (TPSA) is 119 Å². The number of rotatable bonds is 4. The molecular weight excluding hydrogens is 152 g/mol. The van der Waals surface area contributed by atoms with E-state index >= 15 is 0 Å². The first kappa shape index (κ1) is 9.50. The summed E-state index contributed by atoms with van der Waals surface area (Å²) in [5.41, 5.74) is 9.38. The molecule has 0 bridgehead atoms. The second-order valence-corrected chi connectivity index (χ2v) is 1.57. The van der Waals surface area contributed by atoms with E-state index in [1.807, 2.05) is 0 Å². The van der Waals surface area contributed by atoms with Crippen LogP contribution in [-0.2, 0) is 4.74 Å². The molecule has 0 heterocycles. The highest BCUT2D eigenvalue weighted by Crippen LogP contribution is 1.65. The van der Waals surface area contributed by atoms with Gasteiger partial charge in [-0.15, -0.1) is 0 Å². The summed E-state index contributed by atoms with van der Waals surface area (Å²) in [7, 11) is 0. The van der Waals surface area contributed by atoms with Crippen LogP contribution in [0.25, 0.3) is 0 Å². The van der Waals surface area contributed by atoms with Crippen molar-refractivity contribution in [3.8, 4) is 0 Å². The first-order valence-electron chi connectivity index (χ1n) is 2.77. The van der Waals surface area contributed by atoms with Gasteiger partial charge in [-0.05, 0) is 0 Å². The van der Waals surface area contributed by atoms with Gasteiger partial charge in [0.2, 0.25) is 0 Å². The highest BCUT2D eigenvalue weighted by atomic mass is 16.5. The van der Waals surface area contributed by atoms with Crippen LogP contribution in [0.5, 0.6) is 0 Å². The SMILES string of the molecule is NC(=O)NCOCNC(N)=O. The molecule has 7 nitrogen and oxygen atoms in total. The van der Waals surface area contributed by atoms with Crippen LogP contribution in [0.4, 0.5) is 9.59 Å². The van der Waals surface area contributed by atoms with Crippen LogP contribution in [0.2, 0.25) is 0 Å². The molecule has 0 rings (SSSR count). The Morgan fingerprint density at radius 2 is 1.45 bits per heavy atom. The smallest absolute Gasteiger partial charge is 0.313 e. The van der Waals surface area contributed by atoms with Crippen LogP contribution in [0.15, 0.2) is 0 Å². The van der Waals surface area contributed by atoms with E-state index in [1.54, 1.807) is 0 Å². The predicted octanol–water partition coefficient (Wildman–Crippen LogP) is -1.75. The first-order chi connectivity index (χ1) is 5.13. The molecule has 0 aliphatic heterocycles. The van der Waals surface area contributed by atoms with E-state index < -0.39 is 12.1 Å². The third-order valence-corrected chi connectivity index (χ3v) is 0.697. The zero-order chi connectivity index (χ0) is 8.69. The lowest BCUT2D eigenvalue weighted by Crippen LogP contribution is -2.36. The standard InChI is InChI=1S/C4H10N4O3/c5-3(9)7-1-11-2-8-4(6)10/h1-2H2,(H3,5,7,9)(H3,6,8,10). The van der Waals surface area contributed by atoms with E-state index in [9.17, 15) is 9.59 Å². The zero-order valence-electron chi connectivity index (χ0n) is 5.79. The van der Waals surface area contributed by atoms with Gasteiger partial charge in [-0.2, -0.15) is 0 Å². The second kappa shape index (κ2) is 5.30. The van der Waals surface area contributed by atoms with E-state index in [-0.39, 0.29) is 13.5 Å². The van der Waals surface area contributed by atoms with E-state index in [0.29, 0.717) is 0 Å². The molecule has 7 heteroatoms. The van der Waals surface area contributed by atoms with Crippen molar-refractivity contribution in [2.45, 2.75) is 0 Å². The molecule has 0 aliphatic carbocycles. The van der Waals surface area contributed by atoms with Crippen LogP contribution in [0, 0.1) is 0 Å². The highest BCUT2D eigenvalue weighted by molar-refractivity contribution is 5.71. The maximum Gasteiger partial charge on any atom is 0.313 e. The minimum atomic E-state index is -0.691. The lowest BCUT2D eigenvalue weighted by Gasteiger charge is -2.03. The van der Waals surface area contributed by atoms with Crippen molar-refractivity contribution in [1.82, 2.24) is 10.6 Å². The van der Waals surface area contributed by atoms with Crippen molar-refractivity contribution < 1.29 is 14.3 Å². The average molecular weight is 162 g/mol. The molecule has 0 aromatic carbocycles. The van der Waals surface area contributed by atoms with Crippen LogP contribution >= 0.6 is 0 Å². The van der Waals surface area contributed by atoms with Gasteiger partial charge in [-0.25, -0.2) is 9.59 Å². The first-order valence-corrected chi connectivity index (χ1v) is 2.77. The third kappa shape index (κ3) is 8.50. The Morgan fingerprint density at radius 1 is 1.09 bits per heavy atom. The minimum absolute atomic E-state index is 0.0599. The molecule has 4 amide bonds. The molecule has 0 aromatic rings. The van der Waals surface area contributed by atoms with Crippen LogP contribution < -0.4 is 22.1 Å². The van der Waals surface area contributed by atoms with Gasteiger partial charge in [0.1, 0.15) is 13.5 Å². The maximum atomic E-state index is 10.0. The van der Waals surface area contributed by atoms with Gasteiger partial charge in [-0.3, -0.25) is 0 Å². The fourth-order valence-electron chi connectivity index (χ4n) is 0.295. The number of ether oxygens (including phenoxy) is 1. The van der Waals surface area contributed by atoms with Crippen molar-refractivity contribution >= 4 is 12.1 Å². The molecule has 6 N–H and O–H groups in total. The molecule has 0 atom stereocenters. The number of urea groups is 2. The summed E-state index contributed by atoms with van der Waals surface area (Å²) in [5, 5.41) is 4.29. The number of primary amides is 2. The minimum Gasteiger partial charge on any atom is -0.352 e. The van der Waals surface area contributed by atoms with Gasteiger partial charge in [0, 0.05) is 0 Å². The number of carbonyl (C=O) groups is 2. The van der Waals surface area contributed by atoms with Gasteiger partial charge in [-0.1, -0.05) is 0 Å². The molecule has 0 saturated heterocycles. The zero-order valence-corrected chi connectivity index (χ0v) is 5.79. The van der Waals surface area contributed by atoms with Gasteiger partial charge in [0.05, 0.1) is 0 Å². The second-order valence-electron chi connectivity index (χ2n) is 1.57. The predicted molar refractivity (Wildman–Crippen MR) is 36.3 cm³/mol. The quantitative estimate of drug-likeness (QED) is 0.290. The van der Waals surface area contributed by atoms with Crippen molar-refractivity contribution in [3.05, 3.63) is 0 Å². The summed E-state index contributed by atoms with van der Waals surface area (Å²) in [6.07, 6.45) is 0. The number of carbonyl (C=O) groups excluding carboxylic acids is 2. The Bertz CT molecular complexity index is 132. The largest absolute Gasteiger partial charge is 0.352 e. The number of nitrogens with two attached hydrogens (primary N) is 2. The van der Waals surface area contributed by atoms with Crippen molar-refractivity contribution in [2.75, 3.05) is 13.5 Å². The Labute approximate surface area is 63.1 Å². The lowest BCUT2D eigenvalue weighted by atomic mass is 10.9. The van der Waals surface area contributed by atoms with E-state index in [4.69, 9.17) is 11.5 Å². The van der Waals surface area contributed by atoms with Crippen LogP contribution in [0.3, 0.4) is 0 Å². The Kier molecular flexibility index (Phi) is 4.58. The number of hydrogen-bond donors (Lipinski definition) is 4. The fraction of sp³-hybridized carbons (Fsp3) is 0.500. The van der Waals surface area contributed by atoms with E-state index in [0.717, 1.165) is 0 Å². The highest BCUT2D eigenvalue weighted by Gasteiger charge is 1.91. The number of amides is 4. The lowest BCUT2D eigenvalue weighted by molar-refractivity contribution is 0.111. The molecule has 64 valence electrons. The molecule has 11 heavy (non-hydrogen) atoms. The summed E-state index contributed by atoms with van der Waals surface area (Å²) in [5.74, 6) is 0. The average Bonchev–Trinajstić information content (AvgIpc) is 1.85. The van der Waals surface area contributed by atoms with Crippen molar-refractivity contribution in [1.29, 1.82) is 0 Å². The Balaban J connectivity index is 3.03. The monoisotopic (exact) mass is 162 g/mol. The third-order valence-electron chi connectivity index (χ3n) is 0.697. The molecular formula is C4H10N4O3. The molecule has 0 fully saturated rings. The van der Waals surface area contributed by atoms with Gasteiger partial charge in [0.15, 0.2) is 0 Å². The summed E-state index contributed by atoms with van der Waals surface area (Å²) in [6.45, 7) is -0.120. The normalized spacial score (nSPS) is 8.73. The van der Waals surface area contributed by atoms with Gasteiger partial charge >= 0.3 is 12.1 Å². The number of hydrogen-bond acceptors (Lipinski definition) is 3. The Hall–Kier alpha value is -1.50. The van der Waals surface area contributed by atoms with Crippen molar-refractivity contribution in [2.24, 2.45) is 11.5 Å². The molecule has 0 spiro atoms. The van der Waals surface area contributed by atoms with Crippen LogP contribution in [-0.4, -0.2) is 25.5 Å². The molecule has 0 unspecified atom stereocenters. The van der Waals surface area contributed by atoms with Gasteiger partial charge < -0.3 is 26.8 Å². The molecule has 0 aliphatic rings. The van der Waals surface area contributed by atoms with E-state index in [2.05, 4.69) is 15.4 Å². The van der Waals surface area contributed by atoms with Gasteiger partial charge in [0.25, 0.3) is 0 Å². The summed E-state index contributed by atoms with van der Waals surface area (Å²) < 4.78 is 4.63. The maximum absolute atomic E-state index is 10.0. The summed E-state index contributed by atoms with van der Waals surface area (Å²) >= 11 is 0. The summed E-state index contributed by atoms with van der Waals surface area (Å²) in [6, 6.07) is -1.38.